The molecule has 1 saturated carbocycles. The van der Waals surface area contributed by atoms with Gasteiger partial charge in [0.15, 0.2) is 0 Å². The summed E-state index contributed by atoms with van der Waals surface area (Å²) in [5.74, 6) is 0.357. The van der Waals surface area contributed by atoms with Gasteiger partial charge in [-0.25, -0.2) is 4.79 Å². The van der Waals surface area contributed by atoms with Crippen LogP contribution in [0.5, 0.6) is 0 Å². The van der Waals surface area contributed by atoms with Crippen LogP contribution in [0.3, 0.4) is 0 Å². The van der Waals surface area contributed by atoms with Crippen molar-refractivity contribution in [1.82, 2.24) is 9.55 Å². The molecule has 4 rings (SSSR count). The number of rotatable bonds is 6. The Bertz CT molecular complexity index is 1090. The van der Waals surface area contributed by atoms with Crippen molar-refractivity contribution < 1.29 is 4.79 Å². The quantitative estimate of drug-likeness (QED) is 0.600. The van der Waals surface area contributed by atoms with Gasteiger partial charge in [-0.1, -0.05) is 31.0 Å². The van der Waals surface area contributed by atoms with Crippen molar-refractivity contribution in [3.8, 4) is 0 Å². The van der Waals surface area contributed by atoms with Crippen LogP contribution >= 0.6 is 11.8 Å². The number of carbonyl (C=O) groups excluding carboxylic acids is 1. The Balaban J connectivity index is 1.60. The summed E-state index contributed by atoms with van der Waals surface area (Å²) in [5.41, 5.74) is 1.00. The summed E-state index contributed by atoms with van der Waals surface area (Å²) < 4.78 is 1.43. The minimum absolute atomic E-state index is 0.0838. The summed E-state index contributed by atoms with van der Waals surface area (Å²) in [6.07, 6.45) is 6.57. The molecule has 1 aliphatic rings. The van der Waals surface area contributed by atoms with E-state index in [1.165, 1.54) is 17.4 Å². The molecule has 1 fully saturated rings. The Kier molecular flexibility index (Phi) is 5.85. The Morgan fingerprint density at radius 2 is 1.97 bits per heavy atom. The molecule has 2 aromatic carbocycles. The molecule has 0 atom stereocenters. The molecule has 150 valence electrons. The van der Waals surface area contributed by atoms with Gasteiger partial charge in [-0.3, -0.25) is 9.36 Å². The lowest BCUT2D eigenvalue weighted by Crippen LogP contribution is -2.31. The Labute approximate surface area is 173 Å². The summed E-state index contributed by atoms with van der Waals surface area (Å²) in [4.78, 5) is 30.7. The molecule has 1 amide bonds. The first-order valence-electron chi connectivity index (χ1n) is 9.84. The molecule has 1 aromatic heterocycles. The predicted octanol–water partition coefficient (Wildman–Crippen LogP) is 4.11. The van der Waals surface area contributed by atoms with Crippen LogP contribution in [0.2, 0.25) is 0 Å². The van der Waals surface area contributed by atoms with E-state index < -0.39 is 5.69 Å². The van der Waals surface area contributed by atoms with Crippen molar-refractivity contribution in [3.05, 3.63) is 59.0 Å². The van der Waals surface area contributed by atoms with E-state index in [0.29, 0.717) is 23.1 Å². The lowest BCUT2D eigenvalue weighted by atomic mass is 10.2. The van der Waals surface area contributed by atoms with Crippen LogP contribution in [0.15, 0.2) is 58.2 Å². The number of aromatic nitrogens is 2. The van der Waals surface area contributed by atoms with Crippen LogP contribution in [0.4, 0.5) is 11.5 Å². The molecule has 0 saturated heterocycles. The molecule has 0 unspecified atom stereocenters. The maximum Gasteiger partial charge on any atom is 0.350 e. The van der Waals surface area contributed by atoms with Crippen molar-refractivity contribution >= 4 is 40.1 Å². The monoisotopic (exact) mass is 408 g/mol. The largest absolute Gasteiger partial charge is 0.367 e. The number of nitrogens with one attached hydrogen (secondary N) is 2. The van der Waals surface area contributed by atoms with E-state index in [1.54, 1.807) is 11.8 Å². The van der Waals surface area contributed by atoms with E-state index in [2.05, 4.69) is 15.6 Å². The number of anilines is 2. The normalized spacial score (nSPS) is 14.2. The van der Waals surface area contributed by atoms with Crippen molar-refractivity contribution in [1.29, 1.82) is 0 Å². The molecule has 1 aliphatic carbocycles. The highest BCUT2D eigenvalue weighted by atomic mass is 32.2. The smallest absolute Gasteiger partial charge is 0.350 e. The Hall–Kier alpha value is -2.80. The zero-order valence-electron chi connectivity index (χ0n) is 16.4. The molecular weight excluding hydrogens is 384 g/mol. The number of amides is 1. The molecule has 3 aromatic rings. The van der Waals surface area contributed by atoms with Crippen LogP contribution in [0.25, 0.3) is 10.9 Å². The van der Waals surface area contributed by atoms with Gasteiger partial charge in [0.1, 0.15) is 12.4 Å². The van der Waals surface area contributed by atoms with Crippen LogP contribution in [0.1, 0.15) is 25.7 Å². The Morgan fingerprint density at radius 1 is 1.17 bits per heavy atom. The van der Waals surface area contributed by atoms with Gasteiger partial charge >= 0.3 is 5.69 Å². The van der Waals surface area contributed by atoms with Gasteiger partial charge in [0.2, 0.25) is 5.91 Å². The lowest BCUT2D eigenvalue weighted by Gasteiger charge is -2.17. The fourth-order valence-electron chi connectivity index (χ4n) is 3.80. The van der Waals surface area contributed by atoms with Gasteiger partial charge in [-0.15, -0.1) is 11.8 Å². The van der Waals surface area contributed by atoms with E-state index in [0.717, 1.165) is 23.1 Å². The molecule has 7 heteroatoms. The maximum atomic E-state index is 12.7. The summed E-state index contributed by atoms with van der Waals surface area (Å²) in [6, 6.07) is 15.6. The number of carbonyl (C=O) groups is 1. The van der Waals surface area contributed by atoms with Gasteiger partial charge < -0.3 is 10.6 Å². The van der Waals surface area contributed by atoms with Crippen molar-refractivity contribution in [2.45, 2.75) is 43.2 Å². The van der Waals surface area contributed by atoms with E-state index in [9.17, 15) is 9.59 Å². The molecule has 0 bridgehead atoms. The van der Waals surface area contributed by atoms with Crippen LogP contribution in [0, 0.1) is 0 Å². The number of benzene rings is 2. The zero-order valence-corrected chi connectivity index (χ0v) is 17.2. The van der Waals surface area contributed by atoms with Crippen molar-refractivity contribution in [3.63, 3.8) is 0 Å². The molecular formula is C22H24N4O2S. The number of para-hydroxylation sites is 1. The second kappa shape index (κ2) is 8.69. The Morgan fingerprint density at radius 3 is 2.76 bits per heavy atom. The summed E-state index contributed by atoms with van der Waals surface area (Å²) in [7, 11) is 0. The third kappa shape index (κ3) is 4.45. The second-order valence-electron chi connectivity index (χ2n) is 7.25. The molecule has 0 radical (unpaired) electrons. The zero-order chi connectivity index (χ0) is 20.2. The minimum atomic E-state index is -0.419. The standard InChI is InChI=1S/C22H24N4O2S/c1-29-17-10-6-9-16(13-17)23-20(27)14-26-19-12-5-4-11-18(19)21(25-22(26)28)24-15-7-2-3-8-15/h4-6,9-13,15H,2-3,7-8,14H2,1H3,(H,23,27)(H,24,25,28). The summed E-state index contributed by atoms with van der Waals surface area (Å²) >= 11 is 1.61. The van der Waals surface area contributed by atoms with Crippen molar-refractivity contribution in [2.75, 3.05) is 16.9 Å². The minimum Gasteiger partial charge on any atom is -0.367 e. The van der Waals surface area contributed by atoms with E-state index in [4.69, 9.17) is 0 Å². The number of fused-ring (bicyclic) bond motifs is 1. The number of hydrogen-bond donors (Lipinski definition) is 2. The number of thioether (sulfide) groups is 1. The second-order valence-corrected chi connectivity index (χ2v) is 8.13. The highest BCUT2D eigenvalue weighted by Gasteiger charge is 2.18. The highest BCUT2D eigenvalue weighted by Crippen LogP contribution is 2.25. The molecule has 0 spiro atoms. The van der Waals surface area contributed by atoms with Gasteiger partial charge in [0.05, 0.1) is 5.52 Å². The van der Waals surface area contributed by atoms with Gasteiger partial charge in [0.25, 0.3) is 0 Å². The van der Waals surface area contributed by atoms with Gasteiger partial charge in [0, 0.05) is 22.0 Å². The summed E-state index contributed by atoms with van der Waals surface area (Å²) in [6.45, 7) is -0.0838. The molecule has 2 N–H and O–H groups in total. The number of nitrogens with zero attached hydrogens (tertiary/aromatic N) is 2. The third-order valence-corrected chi connectivity index (χ3v) is 5.96. The average Bonchev–Trinajstić information content (AvgIpc) is 3.24. The fourth-order valence-corrected chi connectivity index (χ4v) is 4.26. The fraction of sp³-hybridized carbons (Fsp3) is 0.318. The van der Waals surface area contributed by atoms with Crippen LogP contribution in [-0.4, -0.2) is 27.8 Å². The van der Waals surface area contributed by atoms with E-state index in [1.807, 2.05) is 54.8 Å². The topological polar surface area (TPSA) is 76.0 Å². The molecule has 0 aliphatic heterocycles. The third-order valence-electron chi connectivity index (χ3n) is 5.24. The average molecular weight is 409 g/mol. The SMILES string of the molecule is CSc1cccc(NC(=O)Cn2c(=O)nc(NC3CCCC3)c3ccccc32)c1. The molecule has 1 heterocycles. The highest BCUT2D eigenvalue weighted by molar-refractivity contribution is 7.98. The van der Waals surface area contributed by atoms with Crippen LogP contribution in [-0.2, 0) is 11.3 Å². The van der Waals surface area contributed by atoms with Crippen LogP contribution < -0.4 is 16.3 Å². The predicted molar refractivity (Wildman–Crippen MR) is 119 cm³/mol. The summed E-state index contributed by atoms with van der Waals surface area (Å²) in [5, 5.41) is 7.16. The molecule has 29 heavy (non-hydrogen) atoms. The maximum absolute atomic E-state index is 12.7. The first-order valence-corrected chi connectivity index (χ1v) is 11.1. The first-order chi connectivity index (χ1) is 14.1. The van der Waals surface area contributed by atoms with Crippen molar-refractivity contribution in [2.24, 2.45) is 0 Å². The lowest BCUT2D eigenvalue weighted by molar-refractivity contribution is -0.116. The first kappa shape index (κ1) is 19.5. The molecule has 6 nitrogen and oxygen atoms in total. The van der Waals surface area contributed by atoms with Gasteiger partial charge in [-0.2, -0.15) is 4.98 Å². The van der Waals surface area contributed by atoms with E-state index >= 15 is 0 Å². The van der Waals surface area contributed by atoms with E-state index in [-0.39, 0.29) is 12.5 Å². The number of hydrogen-bond acceptors (Lipinski definition) is 5. The van der Waals surface area contributed by atoms with Gasteiger partial charge in [-0.05, 0) is 49.4 Å².